The Morgan fingerprint density at radius 1 is 1.27 bits per heavy atom. The Morgan fingerprint density at radius 3 is 2.70 bits per heavy atom. The Labute approximate surface area is 193 Å². The van der Waals surface area contributed by atoms with E-state index in [1.807, 2.05) is 20.8 Å². The van der Waals surface area contributed by atoms with Gasteiger partial charge in [0, 0.05) is 45.3 Å². The largest absolute Gasteiger partial charge is 0.474 e. The third-order valence-electron chi connectivity index (χ3n) is 5.21. The number of anilines is 3. The van der Waals surface area contributed by atoms with Crippen LogP contribution in [0.25, 0.3) is 0 Å². The van der Waals surface area contributed by atoms with Crippen molar-refractivity contribution in [2.24, 2.45) is 0 Å². The smallest absolute Gasteiger partial charge is 0.410 e. The van der Waals surface area contributed by atoms with E-state index in [-0.39, 0.29) is 18.3 Å². The molecule has 0 atom stereocenters. The zero-order valence-electron chi connectivity index (χ0n) is 19.6. The molecule has 10 heteroatoms. The maximum atomic E-state index is 14.6. The molecule has 1 saturated heterocycles. The number of nitrogens with one attached hydrogen (secondary N) is 2. The number of rotatable bonds is 9. The maximum absolute atomic E-state index is 14.6. The van der Waals surface area contributed by atoms with E-state index in [1.165, 1.54) is 12.4 Å². The lowest BCUT2D eigenvalue weighted by atomic mass is 10.1. The van der Waals surface area contributed by atoms with Crippen molar-refractivity contribution in [3.05, 3.63) is 35.9 Å². The summed E-state index contributed by atoms with van der Waals surface area (Å²) >= 11 is 0. The molecule has 1 amide bonds. The highest BCUT2D eigenvalue weighted by Crippen LogP contribution is 2.28. The summed E-state index contributed by atoms with van der Waals surface area (Å²) in [5.41, 5.74) is 1.65. The van der Waals surface area contributed by atoms with Gasteiger partial charge in [0.15, 0.2) is 0 Å². The highest BCUT2D eigenvalue weighted by Gasteiger charge is 2.26. The summed E-state index contributed by atoms with van der Waals surface area (Å²) in [5.74, 6) is 0.504. The first-order valence-corrected chi connectivity index (χ1v) is 11.1. The van der Waals surface area contributed by atoms with Crippen LogP contribution in [-0.4, -0.2) is 66.5 Å². The molecular formula is C23H32FN5O4. The standard InChI is InChI=1S/C23H32FN5O4/c1-15(2)32-23(30)29-10-7-18(8-11-29)33-22-16(3)21(26-14-27-22)28-20-6-5-17(13-19(20)24)25-9-12-31-4/h5-6,13-15,18,25H,7-12H2,1-4H3,(H,26,27,28). The Bertz CT molecular complexity index is 935. The predicted molar refractivity (Wildman–Crippen MR) is 124 cm³/mol. The second kappa shape index (κ2) is 11.6. The zero-order chi connectivity index (χ0) is 23.8. The van der Waals surface area contributed by atoms with Crippen molar-refractivity contribution in [3.63, 3.8) is 0 Å². The highest BCUT2D eigenvalue weighted by molar-refractivity contribution is 5.68. The monoisotopic (exact) mass is 461 g/mol. The summed E-state index contributed by atoms with van der Waals surface area (Å²) in [6.07, 6.45) is 2.21. The molecular weight excluding hydrogens is 429 g/mol. The van der Waals surface area contributed by atoms with Crippen LogP contribution in [0, 0.1) is 12.7 Å². The second-order valence-electron chi connectivity index (χ2n) is 8.13. The second-order valence-corrected chi connectivity index (χ2v) is 8.13. The number of nitrogens with zero attached hydrogens (tertiary/aromatic N) is 3. The molecule has 0 saturated carbocycles. The molecule has 1 aromatic heterocycles. The number of aromatic nitrogens is 2. The molecule has 1 aliphatic rings. The number of ether oxygens (including phenoxy) is 3. The first kappa shape index (κ1) is 24.5. The Hall–Kier alpha value is -3.14. The molecule has 1 aliphatic heterocycles. The summed E-state index contributed by atoms with van der Waals surface area (Å²) in [4.78, 5) is 22.2. The van der Waals surface area contributed by atoms with Crippen molar-refractivity contribution in [1.82, 2.24) is 14.9 Å². The summed E-state index contributed by atoms with van der Waals surface area (Å²) < 4.78 is 30.9. The number of halogens is 1. The molecule has 2 N–H and O–H groups in total. The molecule has 0 aliphatic carbocycles. The van der Waals surface area contributed by atoms with Gasteiger partial charge >= 0.3 is 6.09 Å². The fourth-order valence-electron chi connectivity index (χ4n) is 3.42. The van der Waals surface area contributed by atoms with E-state index in [9.17, 15) is 9.18 Å². The third kappa shape index (κ3) is 6.92. The van der Waals surface area contributed by atoms with Crippen LogP contribution in [0.3, 0.4) is 0 Å². The molecule has 1 fully saturated rings. The van der Waals surface area contributed by atoms with Crippen LogP contribution in [0.2, 0.25) is 0 Å². The third-order valence-corrected chi connectivity index (χ3v) is 5.21. The van der Waals surface area contributed by atoms with E-state index in [2.05, 4.69) is 20.6 Å². The molecule has 3 rings (SSSR count). The number of hydrogen-bond acceptors (Lipinski definition) is 8. The average Bonchev–Trinajstić information content (AvgIpc) is 2.78. The molecule has 0 bridgehead atoms. The molecule has 0 radical (unpaired) electrons. The summed E-state index contributed by atoms with van der Waals surface area (Å²) in [5, 5.41) is 6.12. The molecule has 2 aromatic rings. The minimum absolute atomic E-state index is 0.0799. The molecule has 0 spiro atoms. The van der Waals surface area contributed by atoms with Crippen molar-refractivity contribution >= 4 is 23.3 Å². The quantitative estimate of drug-likeness (QED) is 0.539. The maximum Gasteiger partial charge on any atom is 0.410 e. The number of carbonyl (C=O) groups is 1. The molecule has 180 valence electrons. The van der Waals surface area contributed by atoms with Gasteiger partial charge in [-0.15, -0.1) is 0 Å². The SMILES string of the molecule is COCCNc1ccc(Nc2ncnc(OC3CCN(C(=O)OC(C)C)CC3)c2C)c(F)c1. The fraction of sp³-hybridized carbons (Fsp3) is 0.522. The molecule has 2 heterocycles. The molecule has 1 aromatic carbocycles. The van der Waals surface area contributed by atoms with E-state index >= 15 is 0 Å². The number of methoxy groups -OCH3 is 1. The van der Waals surface area contributed by atoms with E-state index in [0.29, 0.717) is 67.7 Å². The topological polar surface area (TPSA) is 97.8 Å². The fourth-order valence-corrected chi connectivity index (χ4v) is 3.42. The normalized spacial score (nSPS) is 14.3. The average molecular weight is 462 g/mol. The number of carbonyl (C=O) groups excluding carboxylic acids is 1. The van der Waals surface area contributed by atoms with Crippen molar-refractivity contribution in [3.8, 4) is 5.88 Å². The van der Waals surface area contributed by atoms with Crippen molar-refractivity contribution in [1.29, 1.82) is 0 Å². The van der Waals surface area contributed by atoms with Crippen LogP contribution in [0.4, 0.5) is 26.4 Å². The first-order chi connectivity index (χ1) is 15.9. The minimum atomic E-state index is -0.404. The van der Waals surface area contributed by atoms with Gasteiger partial charge in [-0.05, 0) is 39.0 Å². The van der Waals surface area contributed by atoms with Gasteiger partial charge in [0.1, 0.15) is 24.1 Å². The lowest BCUT2D eigenvalue weighted by Crippen LogP contribution is -2.42. The number of piperidine rings is 1. The Morgan fingerprint density at radius 2 is 2.03 bits per heavy atom. The van der Waals surface area contributed by atoms with Crippen LogP contribution in [0.5, 0.6) is 5.88 Å². The Balaban J connectivity index is 1.59. The number of amides is 1. The van der Waals surface area contributed by atoms with Crippen molar-refractivity contribution in [2.45, 2.75) is 45.8 Å². The van der Waals surface area contributed by atoms with Gasteiger partial charge in [-0.3, -0.25) is 0 Å². The summed E-state index contributed by atoms with van der Waals surface area (Å²) in [6, 6.07) is 4.86. The van der Waals surface area contributed by atoms with Crippen LogP contribution < -0.4 is 15.4 Å². The van der Waals surface area contributed by atoms with Gasteiger partial charge < -0.3 is 29.7 Å². The lowest BCUT2D eigenvalue weighted by Gasteiger charge is -2.32. The van der Waals surface area contributed by atoms with Gasteiger partial charge in [-0.2, -0.15) is 0 Å². The predicted octanol–water partition coefficient (Wildman–Crippen LogP) is 4.11. The Kier molecular flexibility index (Phi) is 8.65. The van der Waals surface area contributed by atoms with Gasteiger partial charge in [-0.25, -0.2) is 19.2 Å². The van der Waals surface area contributed by atoms with E-state index in [1.54, 1.807) is 24.1 Å². The number of benzene rings is 1. The summed E-state index contributed by atoms with van der Waals surface area (Å²) in [6.45, 7) is 7.72. The van der Waals surface area contributed by atoms with E-state index < -0.39 is 5.82 Å². The van der Waals surface area contributed by atoms with Gasteiger partial charge in [0.25, 0.3) is 0 Å². The van der Waals surface area contributed by atoms with Crippen LogP contribution >= 0.6 is 0 Å². The van der Waals surface area contributed by atoms with E-state index in [4.69, 9.17) is 14.2 Å². The van der Waals surface area contributed by atoms with Crippen LogP contribution in [0.15, 0.2) is 24.5 Å². The molecule has 9 nitrogen and oxygen atoms in total. The first-order valence-electron chi connectivity index (χ1n) is 11.1. The number of likely N-dealkylation sites (tertiary alicyclic amines) is 1. The van der Waals surface area contributed by atoms with Crippen molar-refractivity contribution in [2.75, 3.05) is 44.0 Å². The number of hydrogen-bond donors (Lipinski definition) is 2. The summed E-state index contributed by atoms with van der Waals surface area (Å²) in [7, 11) is 1.62. The van der Waals surface area contributed by atoms with Gasteiger partial charge in [0.2, 0.25) is 5.88 Å². The van der Waals surface area contributed by atoms with Crippen LogP contribution in [-0.2, 0) is 9.47 Å². The molecule has 0 unspecified atom stereocenters. The van der Waals surface area contributed by atoms with Gasteiger partial charge in [0.05, 0.1) is 24.0 Å². The minimum Gasteiger partial charge on any atom is -0.474 e. The van der Waals surface area contributed by atoms with Crippen LogP contribution in [0.1, 0.15) is 32.3 Å². The highest BCUT2D eigenvalue weighted by atomic mass is 19.1. The molecule has 33 heavy (non-hydrogen) atoms. The lowest BCUT2D eigenvalue weighted by molar-refractivity contribution is 0.0505. The van der Waals surface area contributed by atoms with Gasteiger partial charge in [-0.1, -0.05) is 0 Å². The zero-order valence-corrected chi connectivity index (χ0v) is 19.6. The van der Waals surface area contributed by atoms with Crippen molar-refractivity contribution < 1.29 is 23.4 Å². The van der Waals surface area contributed by atoms with E-state index in [0.717, 1.165) is 0 Å².